The number of alkyl halides is 3. The van der Waals surface area contributed by atoms with E-state index < -0.39 is 3.79 Å². The van der Waals surface area contributed by atoms with Gasteiger partial charge in [0.25, 0.3) is 0 Å². The van der Waals surface area contributed by atoms with Crippen LogP contribution >= 0.6 is 34.8 Å². The molecule has 3 aromatic rings. The molecule has 2 nitrogen and oxygen atoms in total. The Kier molecular flexibility index (Phi) is 5.17. The lowest BCUT2D eigenvalue weighted by molar-refractivity contribution is 0.590. The van der Waals surface area contributed by atoms with Crippen molar-refractivity contribution >= 4 is 45.7 Å². The predicted octanol–water partition coefficient (Wildman–Crippen LogP) is 6.15. The summed E-state index contributed by atoms with van der Waals surface area (Å²) in [5.41, 5.74) is 3.49. The van der Waals surface area contributed by atoms with Crippen LogP contribution in [0.15, 0.2) is 48.5 Å². The van der Waals surface area contributed by atoms with Crippen molar-refractivity contribution in [2.75, 3.05) is 0 Å². The van der Waals surface area contributed by atoms with Gasteiger partial charge in [0.05, 0.1) is 5.52 Å². The molecule has 0 aliphatic carbocycles. The van der Waals surface area contributed by atoms with Crippen LogP contribution in [0, 0.1) is 11.8 Å². The molecule has 0 atom stereocenters. The van der Waals surface area contributed by atoms with Gasteiger partial charge in [-0.25, -0.2) is 9.97 Å². The Balaban J connectivity index is 2.05. The molecule has 0 aliphatic rings. The second-order valence-corrected chi connectivity index (χ2v) is 9.27. The number of benzene rings is 2. The molecular formula is C21H17Cl3N2. The minimum absolute atomic E-state index is 0.105. The average molecular weight is 404 g/mol. The Morgan fingerprint density at radius 2 is 1.46 bits per heavy atom. The van der Waals surface area contributed by atoms with Gasteiger partial charge in [-0.1, -0.05) is 85.8 Å². The number of rotatable bonds is 0. The van der Waals surface area contributed by atoms with E-state index in [0.29, 0.717) is 11.2 Å². The highest BCUT2D eigenvalue weighted by Gasteiger charge is 2.27. The lowest BCUT2D eigenvalue weighted by Gasteiger charge is -2.18. The first kappa shape index (κ1) is 19.0. The Morgan fingerprint density at radius 3 is 2.08 bits per heavy atom. The van der Waals surface area contributed by atoms with Crippen molar-refractivity contribution in [1.29, 1.82) is 0 Å². The standard InChI is InChI=1S/C21H17Cl3N2/c1-20(2,3)15-11-8-14(9-12-15)10-13-18-16-6-4-5-7-17(16)25-19(26-18)21(22,23)24/h4-9,11-12H,1-3H3. The average Bonchev–Trinajstić information content (AvgIpc) is 2.58. The molecular weight excluding hydrogens is 387 g/mol. The van der Waals surface area contributed by atoms with E-state index in [1.807, 2.05) is 36.4 Å². The molecule has 0 saturated heterocycles. The zero-order valence-corrected chi connectivity index (χ0v) is 16.9. The fraction of sp³-hybridized carbons (Fsp3) is 0.238. The van der Waals surface area contributed by atoms with Crippen molar-refractivity contribution in [2.24, 2.45) is 0 Å². The molecule has 5 heteroatoms. The molecule has 26 heavy (non-hydrogen) atoms. The van der Waals surface area contributed by atoms with Crippen LogP contribution in [0.3, 0.4) is 0 Å². The molecule has 1 heterocycles. The van der Waals surface area contributed by atoms with Crippen LogP contribution in [0.2, 0.25) is 0 Å². The van der Waals surface area contributed by atoms with Crippen molar-refractivity contribution in [3.8, 4) is 11.8 Å². The number of nitrogens with zero attached hydrogens (tertiary/aromatic N) is 2. The van der Waals surface area contributed by atoms with Crippen LogP contribution < -0.4 is 0 Å². The van der Waals surface area contributed by atoms with Crippen molar-refractivity contribution in [3.05, 3.63) is 71.2 Å². The van der Waals surface area contributed by atoms with Crippen LogP contribution in [0.4, 0.5) is 0 Å². The monoisotopic (exact) mass is 402 g/mol. The Hall–Kier alpha value is -1.79. The van der Waals surface area contributed by atoms with Gasteiger partial charge >= 0.3 is 0 Å². The fourth-order valence-corrected chi connectivity index (χ4v) is 2.74. The lowest BCUT2D eigenvalue weighted by atomic mass is 9.87. The molecule has 0 aliphatic heterocycles. The van der Waals surface area contributed by atoms with Gasteiger partial charge in [0, 0.05) is 10.9 Å². The highest BCUT2D eigenvalue weighted by atomic mass is 35.6. The molecule has 0 radical (unpaired) electrons. The Bertz CT molecular complexity index is 1000. The van der Waals surface area contributed by atoms with E-state index in [0.717, 1.165) is 10.9 Å². The molecule has 132 valence electrons. The normalized spacial score (nSPS) is 11.9. The summed E-state index contributed by atoms with van der Waals surface area (Å²) >= 11 is 17.9. The first-order chi connectivity index (χ1) is 12.1. The first-order valence-electron chi connectivity index (χ1n) is 8.11. The Morgan fingerprint density at radius 1 is 0.808 bits per heavy atom. The lowest BCUT2D eigenvalue weighted by Crippen LogP contribution is -2.10. The second-order valence-electron chi connectivity index (χ2n) is 6.99. The summed E-state index contributed by atoms with van der Waals surface area (Å²) in [4.78, 5) is 8.69. The van der Waals surface area contributed by atoms with E-state index in [4.69, 9.17) is 34.8 Å². The van der Waals surface area contributed by atoms with Crippen LogP contribution in [0.25, 0.3) is 10.9 Å². The van der Waals surface area contributed by atoms with Crippen LogP contribution in [-0.2, 0) is 9.21 Å². The van der Waals surface area contributed by atoms with Crippen molar-refractivity contribution < 1.29 is 0 Å². The molecule has 0 spiro atoms. The highest BCUT2D eigenvalue weighted by molar-refractivity contribution is 6.66. The minimum Gasteiger partial charge on any atom is -0.228 e. The zero-order valence-electron chi connectivity index (χ0n) is 14.6. The van der Waals surface area contributed by atoms with E-state index >= 15 is 0 Å². The maximum Gasteiger partial charge on any atom is 0.250 e. The van der Waals surface area contributed by atoms with Crippen molar-refractivity contribution in [3.63, 3.8) is 0 Å². The molecule has 0 fully saturated rings. The summed E-state index contributed by atoms with van der Waals surface area (Å²) in [6.07, 6.45) is 0. The maximum atomic E-state index is 5.97. The summed E-state index contributed by atoms with van der Waals surface area (Å²) in [5, 5.41) is 0.823. The predicted molar refractivity (Wildman–Crippen MR) is 110 cm³/mol. The summed E-state index contributed by atoms with van der Waals surface area (Å²) in [5.74, 6) is 6.36. The largest absolute Gasteiger partial charge is 0.250 e. The van der Waals surface area contributed by atoms with Gasteiger partial charge in [-0.15, -0.1) is 0 Å². The molecule has 0 unspecified atom stereocenters. The number of hydrogen-bond acceptors (Lipinski definition) is 2. The van der Waals surface area contributed by atoms with Crippen molar-refractivity contribution in [2.45, 2.75) is 30.0 Å². The molecule has 0 saturated carbocycles. The van der Waals surface area contributed by atoms with Gasteiger partial charge in [-0.2, -0.15) is 0 Å². The van der Waals surface area contributed by atoms with Gasteiger partial charge in [0.15, 0.2) is 5.82 Å². The molecule has 1 aromatic heterocycles. The van der Waals surface area contributed by atoms with Crippen LogP contribution in [0.1, 0.15) is 43.4 Å². The first-order valence-corrected chi connectivity index (χ1v) is 9.24. The third kappa shape index (κ3) is 4.30. The quantitative estimate of drug-likeness (QED) is 0.332. The SMILES string of the molecule is CC(C)(C)c1ccc(C#Cc2nc(C(Cl)(Cl)Cl)nc3ccccc23)cc1. The fourth-order valence-electron chi connectivity index (χ4n) is 2.48. The number of halogens is 3. The van der Waals surface area contributed by atoms with E-state index in [1.54, 1.807) is 0 Å². The third-order valence-electron chi connectivity index (χ3n) is 3.93. The summed E-state index contributed by atoms with van der Waals surface area (Å²) in [6.45, 7) is 6.54. The van der Waals surface area contributed by atoms with E-state index in [9.17, 15) is 0 Å². The van der Waals surface area contributed by atoms with Gasteiger partial charge < -0.3 is 0 Å². The number of hydrogen-bond donors (Lipinski definition) is 0. The Labute approximate surface area is 168 Å². The van der Waals surface area contributed by atoms with Gasteiger partial charge in [-0.3, -0.25) is 0 Å². The third-order valence-corrected chi connectivity index (χ3v) is 4.44. The number of fused-ring (bicyclic) bond motifs is 1. The highest BCUT2D eigenvalue weighted by Crippen LogP contribution is 2.36. The topological polar surface area (TPSA) is 25.8 Å². The zero-order chi connectivity index (χ0) is 18.9. The molecule has 2 aromatic carbocycles. The number of para-hydroxylation sites is 1. The van der Waals surface area contributed by atoms with Crippen molar-refractivity contribution in [1.82, 2.24) is 9.97 Å². The number of aromatic nitrogens is 2. The minimum atomic E-state index is -1.70. The summed E-state index contributed by atoms with van der Waals surface area (Å²) in [6, 6.07) is 15.7. The molecule has 0 amide bonds. The summed E-state index contributed by atoms with van der Waals surface area (Å²) in [7, 11) is 0. The van der Waals surface area contributed by atoms with Crippen LogP contribution in [-0.4, -0.2) is 9.97 Å². The maximum absolute atomic E-state index is 5.97. The van der Waals surface area contributed by atoms with E-state index in [-0.39, 0.29) is 11.2 Å². The molecule has 3 rings (SSSR count). The molecule has 0 bridgehead atoms. The van der Waals surface area contributed by atoms with Gasteiger partial charge in [0.1, 0.15) is 5.69 Å². The van der Waals surface area contributed by atoms with Gasteiger partial charge in [0.2, 0.25) is 3.79 Å². The second kappa shape index (κ2) is 7.08. The van der Waals surface area contributed by atoms with E-state index in [2.05, 4.69) is 54.7 Å². The molecule has 0 N–H and O–H groups in total. The summed E-state index contributed by atoms with van der Waals surface area (Å²) < 4.78 is -1.70. The van der Waals surface area contributed by atoms with Crippen LogP contribution in [0.5, 0.6) is 0 Å². The van der Waals surface area contributed by atoms with Gasteiger partial charge in [-0.05, 0) is 41.2 Å². The van der Waals surface area contributed by atoms with E-state index in [1.165, 1.54) is 5.56 Å². The smallest absolute Gasteiger partial charge is 0.228 e.